The number of hydrogen-bond donors (Lipinski definition) is 0. The zero-order valence-electron chi connectivity index (χ0n) is 15.1. The first-order valence-corrected chi connectivity index (χ1v) is 9.35. The summed E-state index contributed by atoms with van der Waals surface area (Å²) in [6, 6.07) is 0. The number of carbonyl (C=O) groups is 1. The first-order valence-electron chi connectivity index (χ1n) is 9.35. The molecule has 2 heterocycles. The number of piperidine rings is 1. The van der Waals surface area contributed by atoms with Crippen LogP contribution in [0.2, 0.25) is 0 Å². The van der Waals surface area contributed by atoms with Gasteiger partial charge in [0.2, 0.25) is 0 Å². The number of aromatic nitrogens is 2. The highest BCUT2D eigenvalue weighted by molar-refractivity contribution is 5.77. The van der Waals surface area contributed by atoms with Crippen LogP contribution >= 0.6 is 0 Å². The van der Waals surface area contributed by atoms with E-state index in [1.165, 1.54) is 31.5 Å². The van der Waals surface area contributed by atoms with E-state index in [1.807, 2.05) is 13.1 Å². The van der Waals surface area contributed by atoms with E-state index in [9.17, 15) is 4.79 Å². The molecule has 0 aromatic carbocycles. The monoisotopic (exact) mass is 319 g/mol. The second kappa shape index (κ2) is 9.21. The standard InChI is InChI=1S/C19H33N3O/c1-4-19(23)9-5-6-10-21-11-7-8-17(13-21)14-22-15-18(12-20-22)16(2)3/h12,15-17H,4-11,13-14H2,1-3H3/t17-/m1/s1. The molecule has 0 saturated carbocycles. The van der Waals surface area contributed by atoms with Crippen LogP contribution in [0.4, 0.5) is 0 Å². The van der Waals surface area contributed by atoms with E-state index in [0.29, 0.717) is 24.0 Å². The van der Waals surface area contributed by atoms with Crippen LogP contribution in [0.15, 0.2) is 12.4 Å². The molecule has 0 unspecified atom stereocenters. The fourth-order valence-electron chi connectivity index (χ4n) is 3.38. The summed E-state index contributed by atoms with van der Waals surface area (Å²) in [5, 5.41) is 4.52. The van der Waals surface area contributed by atoms with Gasteiger partial charge in [0, 0.05) is 32.1 Å². The van der Waals surface area contributed by atoms with E-state index in [0.717, 1.165) is 32.4 Å². The largest absolute Gasteiger partial charge is 0.303 e. The van der Waals surface area contributed by atoms with Crippen LogP contribution < -0.4 is 0 Å². The molecule has 0 aliphatic carbocycles. The van der Waals surface area contributed by atoms with Crippen molar-refractivity contribution >= 4 is 5.78 Å². The molecule has 4 heteroatoms. The number of hydrogen-bond acceptors (Lipinski definition) is 3. The molecule has 0 radical (unpaired) electrons. The van der Waals surface area contributed by atoms with Crippen molar-refractivity contribution in [1.82, 2.24) is 14.7 Å². The normalized spacial score (nSPS) is 19.4. The van der Waals surface area contributed by atoms with Gasteiger partial charge in [0.1, 0.15) is 5.78 Å². The van der Waals surface area contributed by atoms with Crippen LogP contribution in [-0.4, -0.2) is 40.1 Å². The van der Waals surface area contributed by atoms with Gasteiger partial charge in [-0.2, -0.15) is 5.10 Å². The molecule has 0 spiro atoms. The van der Waals surface area contributed by atoms with Crippen molar-refractivity contribution in [2.45, 2.75) is 71.8 Å². The highest BCUT2D eigenvalue weighted by Gasteiger charge is 2.20. The molecule has 1 aromatic rings. The molecular weight excluding hydrogens is 286 g/mol. The molecule has 0 amide bonds. The van der Waals surface area contributed by atoms with Gasteiger partial charge in [-0.25, -0.2) is 0 Å². The molecule has 130 valence electrons. The minimum absolute atomic E-state index is 0.404. The third-order valence-corrected chi connectivity index (χ3v) is 4.94. The Morgan fingerprint density at radius 1 is 1.39 bits per heavy atom. The van der Waals surface area contributed by atoms with Crippen LogP contribution in [0.25, 0.3) is 0 Å². The molecule has 1 aromatic heterocycles. The summed E-state index contributed by atoms with van der Waals surface area (Å²) < 4.78 is 2.13. The quantitative estimate of drug-likeness (QED) is 0.649. The van der Waals surface area contributed by atoms with Gasteiger partial charge in [-0.1, -0.05) is 20.8 Å². The van der Waals surface area contributed by atoms with Crippen LogP contribution in [0, 0.1) is 5.92 Å². The first kappa shape index (κ1) is 18.2. The number of Topliss-reactive ketones (excluding diaryl/α,β-unsaturated/α-hetero) is 1. The zero-order valence-corrected chi connectivity index (χ0v) is 15.1. The van der Waals surface area contributed by atoms with E-state index in [-0.39, 0.29) is 0 Å². The van der Waals surface area contributed by atoms with E-state index in [1.54, 1.807) is 0 Å². The molecule has 1 saturated heterocycles. The van der Waals surface area contributed by atoms with Gasteiger partial charge in [-0.05, 0) is 56.2 Å². The lowest BCUT2D eigenvalue weighted by molar-refractivity contribution is -0.118. The summed E-state index contributed by atoms with van der Waals surface area (Å²) in [6.45, 7) is 11.0. The predicted octanol–water partition coefficient (Wildman–Crippen LogP) is 3.87. The lowest BCUT2D eigenvalue weighted by atomic mass is 9.97. The van der Waals surface area contributed by atoms with Crippen LogP contribution in [0.5, 0.6) is 0 Å². The minimum Gasteiger partial charge on any atom is -0.303 e. The summed E-state index contributed by atoms with van der Waals surface area (Å²) in [7, 11) is 0. The van der Waals surface area contributed by atoms with E-state index in [2.05, 4.69) is 34.7 Å². The number of rotatable bonds is 9. The van der Waals surface area contributed by atoms with Crippen molar-refractivity contribution in [2.24, 2.45) is 5.92 Å². The maximum atomic E-state index is 11.3. The summed E-state index contributed by atoms with van der Waals surface area (Å²) in [4.78, 5) is 13.9. The highest BCUT2D eigenvalue weighted by atomic mass is 16.1. The molecule has 4 nitrogen and oxygen atoms in total. The van der Waals surface area contributed by atoms with Gasteiger partial charge in [-0.3, -0.25) is 9.48 Å². The topological polar surface area (TPSA) is 38.1 Å². The van der Waals surface area contributed by atoms with Gasteiger partial charge >= 0.3 is 0 Å². The number of carbonyl (C=O) groups excluding carboxylic acids is 1. The van der Waals surface area contributed by atoms with Crippen LogP contribution in [0.1, 0.15) is 70.8 Å². The fourth-order valence-corrected chi connectivity index (χ4v) is 3.38. The Bertz CT molecular complexity index is 481. The maximum Gasteiger partial charge on any atom is 0.132 e. The van der Waals surface area contributed by atoms with E-state index >= 15 is 0 Å². The smallest absolute Gasteiger partial charge is 0.132 e. The van der Waals surface area contributed by atoms with Gasteiger partial charge in [0.05, 0.1) is 6.20 Å². The number of likely N-dealkylation sites (tertiary alicyclic amines) is 1. The fraction of sp³-hybridized carbons (Fsp3) is 0.789. The number of ketones is 1. The SMILES string of the molecule is CCC(=O)CCCCN1CCC[C@@H](Cn2cc(C(C)C)cn2)C1. The summed E-state index contributed by atoms with van der Waals surface area (Å²) in [5.41, 5.74) is 1.33. The van der Waals surface area contributed by atoms with Crippen molar-refractivity contribution in [2.75, 3.05) is 19.6 Å². The van der Waals surface area contributed by atoms with Gasteiger partial charge in [0.15, 0.2) is 0 Å². The summed E-state index contributed by atoms with van der Waals surface area (Å²) in [6.07, 6.45) is 10.5. The molecule has 1 atom stereocenters. The molecule has 23 heavy (non-hydrogen) atoms. The lowest BCUT2D eigenvalue weighted by Gasteiger charge is -2.32. The van der Waals surface area contributed by atoms with E-state index in [4.69, 9.17) is 0 Å². The molecule has 0 bridgehead atoms. The van der Waals surface area contributed by atoms with Crippen molar-refractivity contribution in [1.29, 1.82) is 0 Å². The zero-order chi connectivity index (χ0) is 16.7. The van der Waals surface area contributed by atoms with Crippen molar-refractivity contribution in [3.63, 3.8) is 0 Å². The molecular formula is C19H33N3O. The summed E-state index contributed by atoms with van der Waals surface area (Å²) >= 11 is 0. The Balaban J connectivity index is 1.71. The first-order chi connectivity index (χ1) is 11.1. The Labute approximate surface area is 141 Å². The highest BCUT2D eigenvalue weighted by Crippen LogP contribution is 2.20. The Morgan fingerprint density at radius 2 is 2.22 bits per heavy atom. The molecule has 1 aliphatic rings. The van der Waals surface area contributed by atoms with Crippen molar-refractivity contribution in [3.05, 3.63) is 18.0 Å². The lowest BCUT2D eigenvalue weighted by Crippen LogP contribution is -2.37. The number of nitrogens with zero attached hydrogens (tertiary/aromatic N) is 3. The second-order valence-electron chi connectivity index (χ2n) is 7.31. The predicted molar refractivity (Wildman–Crippen MR) is 94.6 cm³/mol. The molecule has 2 rings (SSSR count). The van der Waals surface area contributed by atoms with Gasteiger partial charge in [-0.15, -0.1) is 0 Å². The van der Waals surface area contributed by atoms with E-state index < -0.39 is 0 Å². The number of unbranched alkanes of at least 4 members (excludes halogenated alkanes) is 1. The van der Waals surface area contributed by atoms with Crippen LogP contribution in [0.3, 0.4) is 0 Å². The molecule has 0 N–H and O–H groups in total. The van der Waals surface area contributed by atoms with Crippen molar-refractivity contribution < 1.29 is 4.79 Å². The molecule has 1 aliphatic heterocycles. The second-order valence-corrected chi connectivity index (χ2v) is 7.31. The third kappa shape index (κ3) is 6.09. The van der Waals surface area contributed by atoms with Crippen LogP contribution in [-0.2, 0) is 11.3 Å². The average molecular weight is 319 g/mol. The van der Waals surface area contributed by atoms with Crippen molar-refractivity contribution in [3.8, 4) is 0 Å². The Morgan fingerprint density at radius 3 is 2.91 bits per heavy atom. The average Bonchev–Trinajstić information content (AvgIpc) is 3.00. The van der Waals surface area contributed by atoms with Gasteiger partial charge in [0.25, 0.3) is 0 Å². The minimum atomic E-state index is 0.404. The molecule has 1 fully saturated rings. The maximum absolute atomic E-state index is 11.3. The Hall–Kier alpha value is -1.16. The van der Waals surface area contributed by atoms with Gasteiger partial charge < -0.3 is 4.90 Å². The Kier molecular flexibility index (Phi) is 7.28. The summed E-state index contributed by atoms with van der Waals surface area (Å²) in [5.74, 6) is 1.67. The third-order valence-electron chi connectivity index (χ3n) is 4.94.